The van der Waals surface area contributed by atoms with E-state index in [2.05, 4.69) is 10.1 Å². The van der Waals surface area contributed by atoms with Crippen molar-refractivity contribution in [1.29, 1.82) is 0 Å². The van der Waals surface area contributed by atoms with E-state index in [0.29, 0.717) is 35.8 Å². The van der Waals surface area contributed by atoms with Crippen molar-refractivity contribution in [2.75, 3.05) is 13.7 Å². The molecule has 0 saturated carbocycles. The molecule has 3 aromatic heterocycles. The van der Waals surface area contributed by atoms with Gasteiger partial charge in [0.15, 0.2) is 11.0 Å². The number of aryl methyl sites for hydroxylation is 3. The van der Waals surface area contributed by atoms with Gasteiger partial charge in [-0.3, -0.25) is 9.36 Å². The molecular formula is C17H20N4O3S2. The van der Waals surface area contributed by atoms with Gasteiger partial charge in [0.25, 0.3) is 5.56 Å². The first-order chi connectivity index (χ1) is 12.7. The Morgan fingerprint density at radius 3 is 3.00 bits per heavy atom. The molecule has 0 spiro atoms. The number of rotatable bonds is 7. The summed E-state index contributed by atoms with van der Waals surface area (Å²) in [5.41, 5.74) is 1.24. The van der Waals surface area contributed by atoms with Crippen LogP contribution < -0.4 is 5.56 Å². The van der Waals surface area contributed by atoms with Crippen molar-refractivity contribution in [3.63, 3.8) is 0 Å². The molecule has 0 atom stereocenters. The lowest BCUT2D eigenvalue weighted by Gasteiger charge is -2.11. The lowest BCUT2D eigenvalue weighted by atomic mass is 10.2. The summed E-state index contributed by atoms with van der Waals surface area (Å²) in [5.74, 6) is 1.73. The van der Waals surface area contributed by atoms with Gasteiger partial charge in [0.05, 0.1) is 24.3 Å². The quantitative estimate of drug-likeness (QED) is 0.451. The van der Waals surface area contributed by atoms with Crippen LogP contribution >= 0.6 is 23.1 Å². The van der Waals surface area contributed by atoms with E-state index in [1.54, 1.807) is 23.0 Å². The molecule has 7 nitrogen and oxygen atoms in total. The molecule has 0 radical (unpaired) electrons. The summed E-state index contributed by atoms with van der Waals surface area (Å²) < 4.78 is 12.2. The molecule has 0 bridgehead atoms. The highest BCUT2D eigenvalue weighted by Gasteiger charge is 2.23. The first-order valence-corrected chi connectivity index (χ1v) is 10.5. The minimum atomic E-state index is 0.0359. The molecule has 0 aromatic carbocycles. The van der Waals surface area contributed by atoms with E-state index >= 15 is 0 Å². The topological polar surface area (TPSA) is 83.0 Å². The molecular weight excluding hydrogens is 372 g/mol. The Hall–Kier alpha value is -1.71. The summed E-state index contributed by atoms with van der Waals surface area (Å²) in [6, 6.07) is 0. The van der Waals surface area contributed by atoms with Gasteiger partial charge in [-0.15, -0.1) is 11.3 Å². The van der Waals surface area contributed by atoms with Gasteiger partial charge in [0, 0.05) is 18.4 Å². The van der Waals surface area contributed by atoms with Crippen molar-refractivity contribution in [3.8, 4) is 0 Å². The molecule has 0 aliphatic heterocycles. The highest BCUT2D eigenvalue weighted by Crippen LogP contribution is 2.35. The molecule has 0 saturated heterocycles. The second-order valence-corrected chi connectivity index (χ2v) is 8.15. The van der Waals surface area contributed by atoms with Gasteiger partial charge in [-0.25, -0.2) is 4.98 Å². The average Bonchev–Trinajstić information content (AvgIpc) is 3.34. The Bertz CT molecular complexity index is 992. The number of hydrogen-bond acceptors (Lipinski definition) is 8. The Labute approximate surface area is 158 Å². The van der Waals surface area contributed by atoms with E-state index in [0.717, 1.165) is 35.9 Å². The average molecular weight is 393 g/mol. The number of nitrogens with zero attached hydrogens (tertiary/aromatic N) is 4. The van der Waals surface area contributed by atoms with E-state index in [1.165, 1.54) is 22.2 Å². The van der Waals surface area contributed by atoms with Gasteiger partial charge in [-0.2, -0.15) is 4.98 Å². The van der Waals surface area contributed by atoms with Crippen LogP contribution in [0.25, 0.3) is 10.2 Å². The third kappa shape index (κ3) is 3.19. The van der Waals surface area contributed by atoms with E-state index in [4.69, 9.17) is 14.2 Å². The number of fused-ring (bicyclic) bond motifs is 3. The summed E-state index contributed by atoms with van der Waals surface area (Å²) in [5, 5.41) is 5.39. The van der Waals surface area contributed by atoms with Crippen LogP contribution in [0.2, 0.25) is 0 Å². The van der Waals surface area contributed by atoms with E-state index in [1.807, 2.05) is 6.92 Å². The molecule has 4 rings (SSSR count). The van der Waals surface area contributed by atoms with Crippen molar-refractivity contribution < 1.29 is 9.26 Å². The zero-order chi connectivity index (χ0) is 18.1. The standard InChI is InChI=1S/C17H20N4O3S2/c1-3-12-18-13(24-20-12)9-25-17-19-15-14(10-5-4-6-11(10)26-15)16(22)21(17)7-8-23-2/h3-9H2,1-2H3. The van der Waals surface area contributed by atoms with Crippen LogP contribution in [0.4, 0.5) is 0 Å². The Morgan fingerprint density at radius 2 is 2.23 bits per heavy atom. The Morgan fingerprint density at radius 1 is 1.35 bits per heavy atom. The fourth-order valence-electron chi connectivity index (χ4n) is 3.17. The normalized spacial score (nSPS) is 13.6. The van der Waals surface area contributed by atoms with Crippen LogP contribution in [-0.2, 0) is 36.3 Å². The highest BCUT2D eigenvalue weighted by molar-refractivity contribution is 7.98. The smallest absolute Gasteiger partial charge is 0.263 e. The summed E-state index contributed by atoms with van der Waals surface area (Å²) in [4.78, 5) is 24.4. The van der Waals surface area contributed by atoms with Crippen molar-refractivity contribution >= 4 is 33.3 Å². The first-order valence-electron chi connectivity index (χ1n) is 8.69. The van der Waals surface area contributed by atoms with Gasteiger partial charge < -0.3 is 9.26 Å². The molecule has 9 heteroatoms. The first kappa shape index (κ1) is 17.7. The molecule has 3 heterocycles. The van der Waals surface area contributed by atoms with Crippen molar-refractivity contribution in [2.45, 2.75) is 50.1 Å². The number of aromatic nitrogens is 4. The number of thioether (sulfide) groups is 1. The maximum Gasteiger partial charge on any atom is 0.263 e. The SMILES string of the molecule is CCc1noc(CSc2nc3sc4c(c3c(=O)n2CCOC)CCC4)n1. The van der Waals surface area contributed by atoms with Gasteiger partial charge >= 0.3 is 0 Å². The fraction of sp³-hybridized carbons (Fsp3) is 0.529. The largest absolute Gasteiger partial charge is 0.383 e. The van der Waals surface area contributed by atoms with Crippen LogP contribution in [0.1, 0.15) is 35.5 Å². The van der Waals surface area contributed by atoms with E-state index < -0.39 is 0 Å². The zero-order valence-corrected chi connectivity index (χ0v) is 16.4. The Balaban J connectivity index is 1.70. The third-order valence-corrected chi connectivity index (χ3v) is 6.61. The molecule has 138 valence electrons. The molecule has 26 heavy (non-hydrogen) atoms. The van der Waals surface area contributed by atoms with Gasteiger partial charge in [-0.1, -0.05) is 23.8 Å². The molecule has 1 aliphatic rings. The monoisotopic (exact) mass is 392 g/mol. The maximum absolute atomic E-state index is 13.1. The van der Waals surface area contributed by atoms with E-state index in [-0.39, 0.29) is 5.56 Å². The molecule has 3 aromatic rings. The zero-order valence-electron chi connectivity index (χ0n) is 14.8. The lowest BCUT2D eigenvalue weighted by molar-refractivity contribution is 0.183. The van der Waals surface area contributed by atoms with Crippen molar-refractivity contribution in [3.05, 3.63) is 32.5 Å². The molecule has 0 fully saturated rings. The Kier molecular flexibility index (Phi) is 5.10. The number of hydrogen-bond donors (Lipinski definition) is 0. The number of thiophene rings is 1. The van der Waals surface area contributed by atoms with Crippen LogP contribution in [0.15, 0.2) is 14.5 Å². The summed E-state index contributed by atoms with van der Waals surface area (Å²) >= 11 is 3.11. The second kappa shape index (κ2) is 7.50. The van der Waals surface area contributed by atoms with Gasteiger partial charge in [0.1, 0.15) is 4.83 Å². The van der Waals surface area contributed by atoms with Crippen molar-refractivity contribution in [1.82, 2.24) is 19.7 Å². The molecule has 0 N–H and O–H groups in total. The van der Waals surface area contributed by atoms with Crippen LogP contribution in [0, 0.1) is 0 Å². The predicted octanol–water partition coefficient (Wildman–Crippen LogP) is 2.83. The van der Waals surface area contributed by atoms with Crippen LogP contribution in [0.5, 0.6) is 0 Å². The minimum absolute atomic E-state index is 0.0359. The molecule has 0 unspecified atom stereocenters. The lowest BCUT2D eigenvalue weighted by Crippen LogP contribution is -2.25. The number of methoxy groups -OCH3 is 1. The predicted molar refractivity (Wildman–Crippen MR) is 101 cm³/mol. The van der Waals surface area contributed by atoms with Crippen LogP contribution in [0.3, 0.4) is 0 Å². The molecule has 1 aliphatic carbocycles. The minimum Gasteiger partial charge on any atom is -0.383 e. The van der Waals surface area contributed by atoms with Gasteiger partial charge in [-0.05, 0) is 24.8 Å². The van der Waals surface area contributed by atoms with Gasteiger partial charge in [0.2, 0.25) is 5.89 Å². The third-order valence-electron chi connectivity index (χ3n) is 4.46. The number of ether oxygens (including phenoxy) is 1. The molecule has 0 amide bonds. The summed E-state index contributed by atoms with van der Waals surface area (Å²) in [6.07, 6.45) is 3.89. The highest BCUT2D eigenvalue weighted by atomic mass is 32.2. The van der Waals surface area contributed by atoms with E-state index in [9.17, 15) is 4.79 Å². The van der Waals surface area contributed by atoms with Crippen molar-refractivity contribution in [2.24, 2.45) is 0 Å². The fourth-order valence-corrected chi connectivity index (χ4v) is 5.33. The summed E-state index contributed by atoms with van der Waals surface area (Å²) in [7, 11) is 1.64. The maximum atomic E-state index is 13.1. The second-order valence-electron chi connectivity index (χ2n) is 6.13. The van der Waals surface area contributed by atoms with Crippen LogP contribution in [-0.4, -0.2) is 33.4 Å². The summed E-state index contributed by atoms with van der Waals surface area (Å²) in [6.45, 7) is 2.93.